The maximum Gasteiger partial charge on any atom is 0.266 e. The molecule has 0 saturated heterocycles. The molecule has 0 aliphatic heterocycles. The Morgan fingerprint density at radius 2 is 1.68 bits per heavy atom. The number of hydrogen-bond acceptors (Lipinski definition) is 5. The number of carboxylic acid groups (broad SMARTS) is 1. The van der Waals surface area contributed by atoms with E-state index in [-0.39, 0.29) is 16.9 Å². The summed E-state index contributed by atoms with van der Waals surface area (Å²) in [4.78, 5) is 23.9. The molecule has 3 aromatic carbocycles. The van der Waals surface area contributed by atoms with Crippen molar-refractivity contribution in [1.29, 1.82) is 5.26 Å². The fourth-order valence-corrected chi connectivity index (χ4v) is 3.21. The Balaban J connectivity index is 1.58. The van der Waals surface area contributed by atoms with Crippen LogP contribution in [0, 0.1) is 11.3 Å². The number of aromatic carboxylic acids is 1. The average Bonchev–Trinajstić information content (AvgIpc) is 3.25. The van der Waals surface area contributed by atoms with Crippen LogP contribution in [0.1, 0.15) is 16.1 Å². The van der Waals surface area contributed by atoms with Crippen LogP contribution < -0.4 is 10.4 Å². The van der Waals surface area contributed by atoms with Crippen LogP contribution >= 0.6 is 0 Å². The maximum absolute atomic E-state index is 12.6. The zero-order valence-corrected chi connectivity index (χ0v) is 16.2. The number of amides is 1. The van der Waals surface area contributed by atoms with Crippen molar-refractivity contribution >= 4 is 34.4 Å². The van der Waals surface area contributed by atoms with Crippen LogP contribution in [0.5, 0.6) is 0 Å². The van der Waals surface area contributed by atoms with E-state index in [0.717, 1.165) is 10.8 Å². The van der Waals surface area contributed by atoms with Gasteiger partial charge in [-0.3, -0.25) is 4.79 Å². The molecule has 4 aromatic rings. The van der Waals surface area contributed by atoms with Crippen LogP contribution in [0.15, 0.2) is 88.9 Å². The van der Waals surface area contributed by atoms with E-state index in [2.05, 4.69) is 5.32 Å². The van der Waals surface area contributed by atoms with E-state index in [1.165, 1.54) is 12.1 Å². The predicted octanol–water partition coefficient (Wildman–Crippen LogP) is 4.01. The number of carbonyl (C=O) groups is 2. The van der Waals surface area contributed by atoms with Crippen LogP contribution in [-0.4, -0.2) is 11.9 Å². The molecule has 1 amide bonds. The molecule has 0 spiro atoms. The van der Waals surface area contributed by atoms with Crippen LogP contribution in [0.4, 0.5) is 5.69 Å². The summed E-state index contributed by atoms with van der Waals surface area (Å²) in [6.07, 6.45) is 1.31. The summed E-state index contributed by atoms with van der Waals surface area (Å²) in [5.74, 6) is -1.37. The summed E-state index contributed by atoms with van der Waals surface area (Å²) in [6, 6.07) is 24.5. The highest BCUT2D eigenvalue weighted by Crippen LogP contribution is 2.27. The van der Waals surface area contributed by atoms with Gasteiger partial charge in [0.25, 0.3) is 5.91 Å². The molecule has 0 saturated carbocycles. The van der Waals surface area contributed by atoms with Crippen LogP contribution in [0.2, 0.25) is 0 Å². The third kappa shape index (κ3) is 4.21. The third-order valence-corrected chi connectivity index (χ3v) is 4.70. The molecule has 6 nitrogen and oxygen atoms in total. The smallest absolute Gasteiger partial charge is 0.266 e. The van der Waals surface area contributed by atoms with E-state index in [4.69, 9.17) is 4.42 Å². The van der Waals surface area contributed by atoms with Crippen LogP contribution in [0.3, 0.4) is 0 Å². The number of nitrogens with zero attached hydrogens (tertiary/aromatic N) is 1. The number of carbonyl (C=O) groups excluding carboxylic acids is 2. The Morgan fingerprint density at radius 3 is 2.45 bits per heavy atom. The zero-order valence-electron chi connectivity index (χ0n) is 16.2. The van der Waals surface area contributed by atoms with Gasteiger partial charge in [-0.05, 0) is 35.0 Å². The number of carboxylic acids is 1. The minimum atomic E-state index is -1.32. The predicted molar refractivity (Wildman–Crippen MR) is 115 cm³/mol. The molecule has 4 rings (SSSR count). The first-order valence-corrected chi connectivity index (χ1v) is 9.37. The van der Waals surface area contributed by atoms with Crippen molar-refractivity contribution in [2.45, 2.75) is 0 Å². The van der Waals surface area contributed by atoms with E-state index in [1.807, 2.05) is 42.5 Å². The fraction of sp³-hybridized carbons (Fsp3) is 0. The van der Waals surface area contributed by atoms with Crippen molar-refractivity contribution < 1.29 is 19.1 Å². The minimum Gasteiger partial charge on any atom is -0.545 e. The molecule has 6 heteroatoms. The summed E-state index contributed by atoms with van der Waals surface area (Å²) in [7, 11) is 0. The van der Waals surface area contributed by atoms with E-state index >= 15 is 0 Å². The Labute approximate surface area is 177 Å². The van der Waals surface area contributed by atoms with Crippen molar-refractivity contribution in [3.05, 3.63) is 95.8 Å². The van der Waals surface area contributed by atoms with Gasteiger partial charge >= 0.3 is 0 Å². The van der Waals surface area contributed by atoms with Crippen molar-refractivity contribution in [2.24, 2.45) is 0 Å². The number of furan rings is 1. The summed E-state index contributed by atoms with van der Waals surface area (Å²) in [5.41, 5.74) is 0.748. The normalized spacial score (nSPS) is 11.1. The molecular formula is C25H15N2O4-. The standard InChI is InChI=1S/C25H16N2O4/c26-15-18(24(28)27-19-10-9-16-5-1-2-6-17(16)13-19)14-20-11-12-23(31-20)21-7-3-4-8-22(21)25(29)30/h1-14H,(H,27,28)(H,29,30)/p-1/b18-14-. The molecule has 1 N–H and O–H groups in total. The molecular weight excluding hydrogens is 392 g/mol. The Hall–Kier alpha value is -4.63. The highest BCUT2D eigenvalue weighted by molar-refractivity contribution is 6.10. The van der Waals surface area contributed by atoms with Gasteiger partial charge in [-0.15, -0.1) is 0 Å². The second-order valence-electron chi connectivity index (χ2n) is 6.72. The molecule has 0 fully saturated rings. The first-order chi connectivity index (χ1) is 15.0. The Kier molecular flexibility index (Phi) is 5.33. The molecule has 0 unspecified atom stereocenters. The van der Waals surface area contributed by atoms with Gasteiger partial charge in [0.15, 0.2) is 0 Å². The van der Waals surface area contributed by atoms with E-state index in [9.17, 15) is 20.0 Å². The molecule has 0 aliphatic rings. The number of hydrogen-bond donors (Lipinski definition) is 1. The van der Waals surface area contributed by atoms with Gasteiger partial charge in [-0.1, -0.05) is 54.6 Å². The quantitative estimate of drug-likeness (QED) is 0.397. The lowest BCUT2D eigenvalue weighted by Gasteiger charge is -2.07. The van der Waals surface area contributed by atoms with Crippen molar-refractivity contribution in [3.63, 3.8) is 0 Å². The monoisotopic (exact) mass is 407 g/mol. The average molecular weight is 407 g/mol. The first kappa shape index (κ1) is 19.7. The van der Waals surface area contributed by atoms with Gasteiger partial charge < -0.3 is 19.6 Å². The second kappa shape index (κ2) is 8.39. The van der Waals surface area contributed by atoms with Gasteiger partial charge in [0.1, 0.15) is 23.2 Å². The molecule has 1 heterocycles. The molecule has 31 heavy (non-hydrogen) atoms. The van der Waals surface area contributed by atoms with Crippen LogP contribution in [0.25, 0.3) is 28.2 Å². The summed E-state index contributed by atoms with van der Waals surface area (Å²) >= 11 is 0. The SMILES string of the molecule is N#C/C(=C/c1ccc(-c2ccccc2C(=O)[O-])o1)C(=O)Nc1ccc2ccccc2c1. The molecule has 0 bridgehead atoms. The number of fused-ring (bicyclic) bond motifs is 1. The lowest BCUT2D eigenvalue weighted by molar-refractivity contribution is -0.254. The van der Waals surface area contributed by atoms with Gasteiger partial charge in [0.2, 0.25) is 0 Å². The maximum atomic E-state index is 12.6. The van der Waals surface area contributed by atoms with Crippen molar-refractivity contribution in [2.75, 3.05) is 5.32 Å². The largest absolute Gasteiger partial charge is 0.545 e. The van der Waals surface area contributed by atoms with E-state index in [1.54, 1.807) is 36.4 Å². The number of rotatable bonds is 5. The molecule has 0 radical (unpaired) electrons. The van der Waals surface area contributed by atoms with E-state index < -0.39 is 11.9 Å². The summed E-state index contributed by atoms with van der Waals surface area (Å²) in [6.45, 7) is 0. The number of benzene rings is 3. The molecule has 150 valence electrons. The summed E-state index contributed by atoms with van der Waals surface area (Å²) < 4.78 is 5.65. The number of nitrogens with one attached hydrogen (secondary N) is 1. The van der Waals surface area contributed by atoms with Gasteiger partial charge in [0.05, 0.1) is 5.97 Å². The Bertz CT molecular complexity index is 1380. The highest BCUT2D eigenvalue weighted by Gasteiger charge is 2.13. The van der Waals surface area contributed by atoms with Gasteiger partial charge in [0, 0.05) is 22.9 Å². The Morgan fingerprint density at radius 1 is 0.935 bits per heavy atom. The second-order valence-corrected chi connectivity index (χ2v) is 6.72. The number of nitriles is 1. The van der Waals surface area contributed by atoms with Gasteiger partial charge in [-0.2, -0.15) is 5.26 Å². The topological polar surface area (TPSA) is 106 Å². The lowest BCUT2D eigenvalue weighted by atomic mass is 10.1. The highest BCUT2D eigenvalue weighted by atomic mass is 16.4. The molecule has 1 aromatic heterocycles. The zero-order chi connectivity index (χ0) is 21.8. The van der Waals surface area contributed by atoms with Crippen molar-refractivity contribution in [3.8, 4) is 17.4 Å². The lowest BCUT2D eigenvalue weighted by Crippen LogP contribution is -2.22. The van der Waals surface area contributed by atoms with Crippen molar-refractivity contribution in [1.82, 2.24) is 0 Å². The third-order valence-electron chi connectivity index (χ3n) is 4.70. The molecule has 0 aliphatic carbocycles. The van der Waals surface area contributed by atoms with Gasteiger partial charge in [-0.25, -0.2) is 0 Å². The first-order valence-electron chi connectivity index (χ1n) is 9.37. The molecule has 0 atom stereocenters. The summed E-state index contributed by atoms with van der Waals surface area (Å²) in [5, 5.41) is 25.5. The minimum absolute atomic E-state index is 0.0121. The van der Waals surface area contributed by atoms with E-state index in [0.29, 0.717) is 17.0 Å². The van der Waals surface area contributed by atoms with Crippen LogP contribution in [-0.2, 0) is 4.79 Å². The number of anilines is 1. The fourth-order valence-electron chi connectivity index (χ4n) is 3.21.